The lowest BCUT2D eigenvalue weighted by atomic mass is 10.2. The maximum Gasteiger partial charge on any atom is 0.245 e. The van der Waals surface area contributed by atoms with Crippen molar-refractivity contribution in [1.29, 1.82) is 0 Å². The Hall–Kier alpha value is -0.940. The fraction of sp³-hybridized carbons (Fsp3) is 0.600. The standard InChI is InChI=1S/C5H10N2O3/c1-3(9)4(6)5(10)7-2-8/h2-4,9H,6H2,1H3,(H,7,8,10). The molecule has 5 heteroatoms. The third-order valence-electron chi connectivity index (χ3n) is 1.02. The molecule has 2 unspecified atom stereocenters. The molecule has 4 N–H and O–H groups in total. The van der Waals surface area contributed by atoms with E-state index in [2.05, 4.69) is 0 Å². The van der Waals surface area contributed by atoms with Gasteiger partial charge in [0, 0.05) is 0 Å². The van der Waals surface area contributed by atoms with Crippen molar-refractivity contribution in [1.82, 2.24) is 5.32 Å². The molecule has 0 rings (SSSR count). The maximum absolute atomic E-state index is 10.6. The lowest BCUT2D eigenvalue weighted by Gasteiger charge is -2.10. The number of carbonyl (C=O) groups excluding carboxylic acids is 2. The van der Waals surface area contributed by atoms with Gasteiger partial charge in [0.05, 0.1) is 6.10 Å². The summed E-state index contributed by atoms with van der Waals surface area (Å²) in [5.41, 5.74) is 5.13. The van der Waals surface area contributed by atoms with Crippen LogP contribution in [0.25, 0.3) is 0 Å². The van der Waals surface area contributed by atoms with Crippen molar-refractivity contribution in [2.45, 2.75) is 19.1 Å². The first-order chi connectivity index (χ1) is 4.59. The number of nitrogens with two attached hydrogens (primary N) is 1. The van der Waals surface area contributed by atoms with E-state index < -0.39 is 18.1 Å². The van der Waals surface area contributed by atoms with Gasteiger partial charge in [0.25, 0.3) is 0 Å². The highest BCUT2D eigenvalue weighted by Gasteiger charge is 2.17. The molecule has 0 heterocycles. The Morgan fingerprint density at radius 1 is 1.80 bits per heavy atom. The predicted molar refractivity (Wildman–Crippen MR) is 33.9 cm³/mol. The fourth-order valence-electron chi connectivity index (χ4n) is 0.373. The Kier molecular flexibility index (Phi) is 3.60. The lowest BCUT2D eigenvalue weighted by Crippen LogP contribution is -2.46. The Morgan fingerprint density at radius 2 is 2.30 bits per heavy atom. The van der Waals surface area contributed by atoms with E-state index in [1.54, 1.807) is 0 Å². The quantitative estimate of drug-likeness (QED) is 0.400. The summed E-state index contributed by atoms with van der Waals surface area (Å²) in [7, 11) is 0. The van der Waals surface area contributed by atoms with Gasteiger partial charge in [-0.2, -0.15) is 0 Å². The number of hydrogen-bond acceptors (Lipinski definition) is 4. The molecule has 2 atom stereocenters. The highest BCUT2D eigenvalue weighted by molar-refractivity contribution is 5.90. The molecule has 0 saturated carbocycles. The van der Waals surface area contributed by atoms with Crippen LogP contribution >= 0.6 is 0 Å². The Morgan fingerprint density at radius 3 is 2.60 bits per heavy atom. The normalized spacial score (nSPS) is 15.5. The molecule has 0 saturated heterocycles. The van der Waals surface area contributed by atoms with Crippen LogP contribution in [-0.4, -0.2) is 29.6 Å². The molecule has 0 fully saturated rings. The van der Waals surface area contributed by atoms with Crippen molar-refractivity contribution in [2.75, 3.05) is 0 Å². The zero-order valence-electron chi connectivity index (χ0n) is 5.57. The van der Waals surface area contributed by atoms with Crippen LogP contribution in [0.2, 0.25) is 0 Å². The van der Waals surface area contributed by atoms with E-state index in [4.69, 9.17) is 10.8 Å². The van der Waals surface area contributed by atoms with Gasteiger partial charge >= 0.3 is 0 Å². The second-order valence-corrected chi connectivity index (χ2v) is 1.89. The second-order valence-electron chi connectivity index (χ2n) is 1.89. The topological polar surface area (TPSA) is 92.4 Å². The summed E-state index contributed by atoms with van der Waals surface area (Å²) >= 11 is 0. The van der Waals surface area contributed by atoms with Crippen molar-refractivity contribution >= 4 is 12.3 Å². The largest absolute Gasteiger partial charge is 0.391 e. The summed E-state index contributed by atoms with van der Waals surface area (Å²) in [6.07, 6.45) is -0.718. The van der Waals surface area contributed by atoms with Gasteiger partial charge in [-0.05, 0) is 6.92 Å². The summed E-state index contributed by atoms with van der Waals surface area (Å²) in [6.45, 7) is 1.37. The zero-order chi connectivity index (χ0) is 8.15. The van der Waals surface area contributed by atoms with E-state index in [1.165, 1.54) is 6.92 Å². The van der Waals surface area contributed by atoms with Crippen LogP contribution in [0.15, 0.2) is 0 Å². The van der Waals surface area contributed by atoms with Crippen LogP contribution < -0.4 is 11.1 Å². The van der Waals surface area contributed by atoms with Crippen LogP contribution in [0.5, 0.6) is 0 Å². The van der Waals surface area contributed by atoms with Crippen molar-refractivity contribution in [3.63, 3.8) is 0 Å². The minimum atomic E-state index is -1.04. The molecule has 0 aliphatic heterocycles. The minimum Gasteiger partial charge on any atom is -0.391 e. The summed E-state index contributed by atoms with van der Waals surface area (Å²) in [4.78, 5) is 20.2. The molecule has 0 aromatic heterocycles. The maximum atomic E-state index is 10.6. The molecule has 0 aromatic carbocycles. The van der Waals surface area contributed by atoms with Gasteiger partial charge in [-0.25, -0.2) is 0 Å². The van der Waals surface area contributed by atoms with Crippen LogP contribution in [0, 0.1) is 0 Å². The van der Waals surface area contributed by atoms with Crippen molar-refractivity contribution < 1.29 is 14.7 Å². The molecule has 58 valence electrons. The first-order valence-corrected chi connectivity index (χ1v) is 2.77. The number of imide groups is 1. The monoisotopic (exact) mass is 146 g/mol. The molecule has 0 aliphatic carbocycles. The van der Waals surface area contributed by atoms with E-state index in [9.17, 15) is 9.59 Å². The molecule has 0 aliphatic rings. The predicted octanol–water partition coefficient (Wildman–Crippen LogP) is -2.03. The van der Waals surface area contributed by atoms with Crippen LogP contribution in [0.4, 0.5) is 0 Å². The first-order valence-electron chi connectivity index (χ1n) is 2.77. The van der Waals surface area contributed by atoms with Crippen molar-refractivity contribution in [3.05, 3.63) is 0 Å². The van der Waals surface area contributed by atoms with Gasteiger partial charge in [0.2, 0.25) is 12.3 Å². The molecule has 0 bridgehead atoms. The van der Waals surface area contributed by atoms with Crippen LogP contribution in [0.1, 0.15) is 6.92 Å². The van der Waals surface area contributed by atoms with Crippen molar-refractivity contribution in [2.24, 2.45) is 5.73 Å². The third kappa shape index (κ3) is 2.56. The second kappa shape index (κ2) is 3.97. The highest BCUT2D eigenvalue weighted by atomic mass is 16.3. The minimum absolute atomic E-state index is 0.227. The summed E-state index contributed by atoms with van der Waals surface area (Å²) in [5, 5.41) is 10.5. The Labute approximate surface area is 58.2 Å². The van der Waals surface area contributed by atoms with Gasteiger partial charge in [0.1, 0.15) is 6.04 Å². The lowest BCUT2D eigenvalue weighted by molar-refractivity contribution is -0.127. The third-order valence-corrected chi connectivity index (χ3v) is 1.02. The van der Waals surface area contributed by atoms with E-state index in [-0.39, 0.29) is 6.41 Å². The number of rotatable bonds is 3. The highest BCUT2D eigenvalue weighted by Crippen LogP contribution is 1.86. The molecule has 10 heavy (non-hydrogen) atoms. The smallest absolute Gasteiger partial charge is 0.245 e. The molecule has 2 amide bonds. The van der Waals surface area contributed by atoms with E-state index in [0.717, 1.165) is 0 Å². The molecule has 0 spiro atoms. The molecule has 0 aromatic rings. The molecular formula is C5H10N2O3. The Bertz CT molecular complexity index is 135. The van der Waals surface area contributed by atoms with Crippen molar-refractivity contribution in [3.8, 4) is 0 Å². The average Bonchev–Trinajstić information content (AvgIpc) is 1.87. The number of amides is 2. The van der Waals surface area contributed by atoms with Gasteiger partial charge in [0.15, 0.2) is 0 Å². The number of hydrogen-bond donors (Lipinski definition) is 3. The average molecular weight is 146 g/mol. The first kappa shape index (κ1) is 9.06. The number of aliphatic hydroxyl groups excluding tert-OH is 1. The van der Waals surface area contributed by atoms with E-state index in [0.29, 0.717) is 0 Å². The van der Waals surface area contributed by atoms with Gasteiger partial charge in [-0.3, -0.25) is 14.9 Å². The Balaban J connectivity index is 3.81. The number of carbonyl (C=O) groups is 2. The molecule has 5 nitrogen and oxygen atoms in total. The zero-order valence-corrected chi connectivity index (χ0v) is 5.57. The van der Waals surface area contributed by atoms with Crippen LogP contribution in [-0.2, 0) is 9.59 Å². The van der Waals surface area contributed by atoms with E-state index in [1.807, 2.05) is 5.32 Å². The molecule has 0 radical (unpaired) electrons. The SMILES string of the molecule is CC(O)C(N)C(=O)NC=O. The van der Waals surface area contributed by atoms with E-state index >= 15 is 0 Å². The number of nitrogens with one attached hydrogen (secondary N) is 1. The number of aliphatic hydroxyl groups is 1. The fourth-order valence-corrected chi connectivity index (χ4v) is 0.373. The summed E-state index contributed by atoms with van der Waals surface area (Å²) in [5.74, 6) is -0.676. The summed E-state index contributed by atoms with van der Waals surface area (Å²) in [6, 6.07) is -1.04. The summed E-state index contributed by atoms with van der Waals surface area (Å²) < 4.78 is 0. The van der Waals surface area contributed by atoms with Gasteiger partial charge in [-0.15, -0.1) is 0 Å². The van der Waals surface area contributed by atoms with Gasteiger partial charge in [-0.1, -0.05) is 0 Å². The van der Waals surface area contributed by atoms with Gasteiger partial charge < -0.3 is 10.8 Å². The molecular weight excluding hydrogens is 136 g/mol. The van der Waals surface area contributed by atoms with Crippen LogP contribution in [0.3, 0.4) is 0 Å².